The second kappa shape index (κ2) is 7.86. The van der Waals surface area contributed by atoms with Crippen LogP contribution in [-0.2, 0) is 17.6 Å². The Bertz CT molecular complexity index is 987. The average molecular weight is 400 g/mol. The topological polar surface area (TPSA) is 64.1 Å². The number of rotatable bonds is 5. The van der Waals surface area contributed by atoms with E-state index >= 15 is 0 Å². The summed E-state index contributed by atoms with van der Waals surface area (Å²) in [4.78, 5) is 23.8. The number of thioether (sulfide) groups is 1. The highest BCUT2D eigenvalue weighted by Crippen LogP contribution is 2.40. The summed E-state index contributed by atoms with van der Waals surface area (Å²) in [7, 11) is 1.61. The predicted octanol–water partition coefficient (Wildman–Crippen LogP) is 4.56. The van der Waals surface area contributed by atoms with Crippen LogP contribution in [0.4, 0.5) is 5.69 Å². The number of benzene rings is 1. The van der Waals surface area contributed by atoms with Crippen molar-refractivity contribution >= 4 is 44.9 Å². The van der Waals surface area contributed by atoms with Crippen molar-refractivity contribution in [3.05, 3.63) is 41.0 Å². The highest BCUT2D eigenvalue weighted by Gasteiger charge is 2.23. The molecular weight excluding hydrogens is 378 g/mol. The smallest absolute Gasteiger partial charge is 0.234 e. The van der Waals surface area contributed by atoms with E-state index in [4.69, 9.17) is 4.74 Å². The Kier molecular flexibility index (Phi) is 5.31. The van der Waals surface area contributed by atoms with E-state index in [-0.39, 0.29) is 5.91 Å². The predicted molar refractivity (Wildman–Crippen MR) is 111 cm³/mol. The van der Waals surface area contributed by atoms with Gasteiger partial charge in [-0.2, -0.15) is 0 Å². The number of anilines is 1. The van der Waals surface area contributed by atoms with Gasteiger partial charge in [0.1, 0.15) is 21.9 Å². The van der Waals surface area contributed by atoms with E-state index in [1.165, 1.54) is 28.6 Å². The Morgan fingerprint density at radius 1 is 1.41 bits per heavy atom. The zero-order valence-corrected chi connectivity index (χ0v) is 17.0. The monoisotopic (exact) mass is 399 g/mol. The lowest BCUT2D eigenvalue weighted by Crippen LogP contribution is -2.14. The van der Waals surface area contributed by atoms with Crippen LogP contribution in [0.1, 0.15) is 23.8 Å². The number of nitrogens with one attached hydrogen (secondary N) is 1. The third-order valence-corrected chi connectivity index (χ3v) is 6.90. The van der Waals surface area contributed by atoms with Gasteiger partial charge in [0.2, 0.25) is 5.91 Å². The zero-order chi connectivity index (χ0) is 18.8. The third-order valence-electron chi connectivity index (χ3n) is 4.75. The van der Waals surface area contributed by atoms with Gasteiger partial charge in [-0.3, -0.25) is 4.79 Å². The number of amides is 1. The summed E-state index contributed by atoms with van der Waals surface area (Å²) in [5.74, 6) is 1.70. The lowest BCUT2D eigenvalue weighted by atomic mass is 9.89. The summed E-state index contributed by atoms with van der Waals surface area (Å²) in [6.45, 7) is 2.30. The van der Waals surface area contributed by atoms with Crippen LogP contribution < -0.4 is 10.1 Å². The van der Waals surface area contributed by atoms with Crippen LogP contribution in [0.5, 0.6) is 5.75 Å². The second-order valence-corrected chi connectivity index (χ2v) is 8.83. The van der Waals surface area contributed by atoms with E-state index in [0.717, 1.165) is 45.4 Å². The first-order valence-corrected chi connectivity index (χ1v) is 10.8. The fourth-order valence-corrected chi connectivity index (χ4v) is 5.63. The highest BCUT2D eigenvalue weighted by molar-refractivity contribution is 8.00. The molecule has 0 bridgehead atoms. The summed E-state index contributed by atoms with van der Waals surface area (Å²) in [5, 5.41) is 4.98. The molecule has 0 unspecified atom stereocenters. The van der Waals surface area contributed by atoms with E-state index in [0.29, 0.717) is 5.75 Å². The first kappa shape index (κ1) is 18.3. The molecule has 3 aromatic rings. The number of fused-ring (bicyclic) bond motifs is 3. The molecule has 5 nitrogen and oxygen atoms in total. The van der Waals surface area contributed by atoms with Gasteiger partial charge in [-0.05, 0) is 42.9 Å². The fraction of sp³-hybridized carbons (Fsp3) is 0.350. The molecule has 2 heterocycles. The van der Waals surface area contributed by atoms with Gasteiger partial charge in [0.05, 0.1) is 12.9 Å². The molecule has 0 radical (unpaired) electrons. The summed E-state index contributed by atoms with van der Waals surface area (Å²) in [6, 6.07) is 7.36. The zero-order valence-electron chi connectivity index (χ0n) is 15.3. The first-order chi connectivity index (χ1) is 13.1. The SMILES string of the molecule is COc1cccc(NC(=O)CSc2ncnc3sc4c(c23)CC[C@H](C)C4)c1. The van der Waals surface area contributed by atoms with Crippen molar-refractivity contribution in [3.63, 3.8) is 0 Å². The molecule has 1 amide bonds. The van der Waals surface area contributed by atoms with Crippen molar-refractivity contribution in [2.24, 2.45) is 5.92 Å². The van der Waals surface area contributed by atoms with Crippen molar-refractivity contribution < 1.29 is 9.53 Å². The minimum Gasteiger partial charge on any atom is -0.497 e. The van der Waals surface area contributed by atoms with Gasteiger partial charge >= 0.3 is 0 Å². The van der Waals surface area contributed by atoms with Crippen molar-refractivity contribution in [2.75, 3.05) is 18.2 Å². The van der Waals surface area contributed by atoms with Crippen molar-refractivity contribution in [2.45, 2.75) is 31.2 Å². The van der Waals surface area contributed by atoms with Gasteiger partial charge < -0.3 is 10.1 Å². The van der Waals surface area contributed by atoms with Crippen LogP contribution in [-0.4, -0.2) is 28.7 Å². The molecule has 140 valence electrons. The van der Waals surface area contributed by atoms with E-state index in [1.54, 1.807) is 24.8 Å². The van der Waals surface area contributed by atoms with Crippen LogP contribution in [0.3, 0.4) is 0 Å². The van der Waals surface area contributed by atoms with Crippen molar-refractivity contribution in [1.82, 2.24) is 9.97 Å². The summed E-state index contributed by atoms with van der Waals surface area (Å²) in [6.07, 6.45) is 5.01. The molecule has 27 heavy (non-hydrogen) atoms. The number of hydrogen-bond donors (Lipinski definition) is 1. The van der Waals surface area contributed by atoms with Gasteiger partial charge in [-0.25, -0.2) is 9.97 Å². The minimum absolute atomic E-state index is 0.0577. The maximum Gasteiger partial charge on any atom is 0.234 e. The molecule has 1 aromatic carbocycles. The van der Waals surface area contributed by atoms with Gasteiger partial charge in [0.25, 0.3) is 0 Å². The summed E-state index contributed by atoms with van der Waals surface area (Å²) < 4.78 is 5.19. The lowest BCUT2D eigenvalue weighted by molar-refractivity contribution is -0.113. The normalized spacial score (nSPS) is 16.1. The maximum absolute atomic E-state index is 12.4. The van der Waals surface area contributed by atoms with Gasteiger partial charge in [-0.1, -0.05) is 24.8 Å². The molecule has 0 aliphatic heterocycles. The Morgan fingerprint density at radius 2 is 2.30 bits per heavy atom. The number of carbonyl (C=O) groups is 1. The van der Waals surface area contributed by atoms with Gasteiger partial charge in [0.15, 0.2) is 0 Å². The van der Waals surface area contributed by atoms with E-state index in [2.05, 4.69) is 22.2 Å². The molecule has 4 rings (SSSR count). The van der Waals surface area contributed by atoms with Crippen LogP contribution in [0.15, 0.2) is 35.6 Å². The van der Waals surface area contributed by atoms with E-state index < -0.39 is 0 Å². The van der Waals surface area contributed by atoms with Crippen LogP contribution in [0.2, 0.25) is 0 Å². The largest absolute Gasteiger partial charge is 0.497 e. The molecule has 2 aromatic heterocycles. The van der Waals surface area contributed by atoms with E-state index in [1.807, 2.05) is 24.3 Å². The second-order valence-electron chi connectivity index (χ2n) is 6.78. The molecule has 7 heteroatoms. The number of hydrogen-bond acceptors (Lipinski definition) is 6. The molecule has 1 atom stereocenters. The van der Waals surface area contributed by atoms with Gasteiger partial charge in [0, 0.05) is 22.0 Å². The van der Waals surface area contributed by atoms with Gasteiger partial charge in [-0.15, -0.1) is 11.3 Å². The van der Waals surface area contributed by atoms with Crippen LogP contribution in [0, 0.1) is 5.92 Å². The summed E-state index contributed by atoms with van der Waals surface area (Å²) in [5.41, 5.74) is 2.12. The Hall–Kier alpha value is -2.12. The average Bonchev–Trinajstić information content (AvgIpc) is 3.04. The number of aromatic nitrogens is 2. The van der Waals surface area contributed by atoms with E-state index in [9.17, 15) is 4.79 Å². The molecule has 0 fully saturated rings. The maximum atomic E-state index is 12.4. The first-order valence-electron chi connectivity index (χ1n) is 8.96. The number of carbonyl (C=O) groups excluding carboxylic acids is 1. The quantitative estimate of drug-likeness (QED) is 0.503. The molecule has 1 N–H and O–H groups in total. The number of nitrogens with zero attached hydrogens (tertiary/aromatic N) is 2. The Morgan fingerprint density at radius 3 is 3.15 bits per heavy atom. The highest BCUT2D eigenvalue weighted by atomic mass is 32.2. The standard InChI is InChI=1S/C20H21N3O2S2/c1-12-6-7-15-16(8-12)27-20-18(15)19(21-11-22-20)26-10-17(24)23-13-4-3-5-14(9-13)25-2/h3-5,9,11-12H,6-8,10H2,1-2H3,(H,23,24)/t12-/m0/s1. The fourth-order valence-electron chi connectivity index (χ4n) is 3.39. The molecular formula is C20H21N3O2S2. The molecule has 0 saturated carbocycles. The van der Waals surface area contributed by atoms with Crippen molar-refractivity contribution in [1.29, 1.82) is 0 Å². The molecule has 1 aliphatic rings. The third kappa shape index (κ3) is 3.94. The molecule has 0 saturated heterocycles. The van der Waals surface area contributed by atoms with Crippen LogP contribution >= 0.6 is 23.1 Å². The van der Waals surface area contributed by atoms with Crippen LogP contribution in [0.25, 0.3) is 10.2 Å². The number of methoxy groups -OCH3 is 1. The Labute approximate surface area is 166 Å². The Balaban J connectivity index is 1.49. The molecule has 1 aliphatic carbocycles. The van der Waals surface area contributed by atoms with Crippen molar-refractivity contribution in [3.8, 4) is 5.75 Å². The lowest BCUT2D eigenvalue weighted by Gasteiger charge is -2.18. The molecule has 0 spiro atoms. The number of thiophene rings is 1. The number of aryl methyl sites for hydroxylation is 1. The summed E-state index contributed by atoms with van der Waals surface area (Å²) >= 11 is 3.26. The minimum atomic E-state index is -0.0577. The number of ether oxygens (including phenoxy) is 1.